The summed E-state index contributed by atoms with van der Waals surface area (Å²) in [4.78, 5) is 73.4. The summed E-state index contributed by atoms with van der Waals surface area (Å²) in [7, 11) is 2.87. The number of nitrogens with one attached hydrogen (secondary N) is 1. The third kappa shape index (κ3) is 6.55. The van der Waals surface area contributed by atoms with Crippen LogP contribution in [0.3, 0.4) is 0 Å². The van der Waals surface area contributed by atoms with E-state index in [0.29, 0.717) is 17.0 Å². The maximum absolute atomic E-state index is 13.1. The van der Waals surface area contributed by atoms with Crippen molar-refractivity contribution < 1.29 is 33.9 Å². The van der Waals surface area contributed by atoms with Crippen LogP contribution in [0.15, 0.2) is 46.1 Å². The lowest BCUT2D eigenvalue weighted by atomic mass is 9.98. The largest absolute Gasteiger partial charge is 0.477 e. The predicted molar refractivity (Wildman–Crippen MR) is 156 cm³/mol. The van der Waals surface area contributed by atoms with E-state index in [9.17, 15) is 29.1 Å². The van der Waals surface area contributed by atoms with Crippen LogP contribution in [-0.2, 0) is 35.2 Å². The van der Waals surface area contributed by atoms with E-state index >= 15 is 0 Å². The van der Waals surface area contributed by atoms with E-state index in [-0.39, 0.29) is 45.4 Å². The molecule has 0 saturated carbocycles. The zero-order valence-corrected chi connectivity index (χ0v) is 24.6. The Hall–Kier alpha value is -3.89. The number of carboxylic acids is 1. The van der Waals surface area contributed by atoms with Gasteiger partial charge in [-0.3, -0.25) is 24.1 Å². The number of nitrogens with two attached hydrogens (primary N) is 1. The second-order valence-electron chi connectivity index (χ2n) is 8.89. The smallest absolute Gasteiger partial charge is 0.352 e. The number of benzene rings is 1. The molecule has 0 bridgehead atoms. The van der Waals surface area contributed by atoms with E-state index in [1.165, 1.54) is 41.0 Å². The van der Waals surface area contributed by atoms with Crippen molar-refractivity contribution in [2.75, 3.05) is 36.3 Å². The van der Waals surface area contributed by atoms with Gasteiger partial charge in [0.25, 0.3) is 11.8 Å². The molecule has 16 heteroatoms. The molecule has 0 unspecified atom stereocenters. The van der Waals surface area contributed by atoms with Crippen LogP contribution in [0.25, 0.3) is 0 Å². The molecule has 1 aromatic carbocycles. The van der Waals surface area contributed by atoms with Gasteiger partial charge in [0, 0.05) is 30.8 Å². The Balaban J connectivity index is 1.50. The topological polar surface area (TPSA) is 185 Å². The number of thiazole rings is 1. The number of hydrogen-bond donors (Lipinski definition) is 3. The van der Waals surface area contributed by atoms with Crippen LogP contribution in [0.4, 0.5) is 10.8 Å². The van der Waals surface area contributed by atoms with Crippen molar-refractivity contribution in [1.82, 2.24) is 15.2 Å². The molecule has 41 heavy (non-hydrogen) atoms. The summed E-state index contributed by atoms with van der Waals surface area (Å²) in [5.41, 5.74) is 7.41. The number of amides is 3. The van der Waals surface area contributed by atoms with Crippen molar-refractivity contribution >= 4 is 80.2 Å². The van der Waals surface area contributed by atoms with Crippen molar-refractivity contribution in [2.24, 2.45) is 5.16 Å². The van der Waals surface area contributed by atoms with Crippen LogP contribution in [0.2, 0.25) is 0 Å². The number of hydrogen-bond acceptors (Lipinski definition) is 12. The number of thioether (sulfide) groups is 2. The van der Waals surface area contributed by atoms with Gasteiger partial charge >= 0.3 is 5.97 Å². The van der Waals surface area contributed by atoms with E-state index in [1.54, 1.807) is 31.3 Å². The molecule has 0 radical (unpaired) electrons. The van der Waals surface area contributed by atoms with E-state index in [1.807, 2.05) is 0 Å². The first-order valence-electron chi connectivity index (χ1n) is 12.0. The standard InChI is InChI=1S/C25H26N6O7S3/c1-12(32)39-11-17(33)30(2)15-6-4-5-13(8-15)7-14-9-40-23-19(22(35)31(23)20(14)24(36)37)28-21(34)18(29-38-3)16-10-41-25(26)27-16/h4-6,8,10,19,23H,7,9,11H2,1-3H3,(H2,26,27)(H,28,34)(H,36,37)/b29-18+/t19-,23-/m1/s1. The SMILES string of the molecule is CO/N=C(/C(=O)N[C@@H]1C(=O)N2C(C(=O)O)=C(Cc3cccc(N(C)C(=O)CSC(C)=O)c3)CS[C@H]12)c1csc(N)n1. The number of nitrogens with zero attached hydrogens (tertiary/aromatic N) is 4. The first-order valence-corrected chi connectivity index (χ1v) is 15.0. The number of carbonyl (C=O) groups is 5. The average Bonchev–Trinajstić information content (AvgIpc) is 3.37. The number of oxime groups is 1. The molecule has 3 amide bonds. The van der Waals surface area contributed by atoms with Crippen LogP contribution in [-0.4, -0.2) is 86.6 Å². The minimum Gasteiger partial charge on any atom is -0.477 e. The number of β-lactam (4-membered cyclic amide) rings is 1. The first kappa shape index (κ1) is 30.1. The monoisotopic (exact) mass is 618 g/mol. The number of anilines is 2. The van der Waals surface area contributed by atoms with Crippen LogP contribution < -0.4 is 16.0 Å². The van der Waals surface area contributed by atoms with Crippen molar-refractivity contribution in [3.63, 3.8) is 0 Å². The van der Waals surface area contributed by atoms with Gasteiger partial charge in [-0.1, -0.05) is 29.1 Å². The Labute approximate surface area is 247 Å². The summed E-state index contributed by atoms with van der Waals surface area (Å²) in [5, 5.41) is 17.3. The molecule has 1 saturated heterocycles. The number of rotatable bonds is 10. The van der Waals surface area contributed by atoms with Crippen molar-refractivity contribution in [2.45, 2.75) is 24.8 Å². The van der Waals surface area contributed by atoms with Gasteiger partial charge in [-0.15, -0.1) is 23.1 Å². The molecule has 2 aliphatic heterocycles. The predicted octanol–water partition coefficient (Wildman–Crippen LogP) is 1.30. The highest BCUT2D eigenvalue weighted by Gasteiger charge is 2.54. The number of aliphatic carboxylic acids is 1. The van der Waals surface area contributed by atoms with E-state index in [0.717, 1.165) is 28.7 Å². The summed E-state index contributed by atoms with van der Waals surface area (Å²) in [6.45, 7) is 1.39. The number of carboxylic acid groups (broad SMARTS) is 1. The fourth-order valence-corrected chi connectivity index (χ4v) is 6.66. The van der Waals surface area contributed by atoms with Crippen LogP contribution in [0.1, 0.15) is 18.2 Å². The van der Waals surface area contributed by atoms with Gasteiger partial charge in [-0.05, 0) is 29.7 Å². The van der Waals surface area contributed by atoms with Gasteiger partial charge in [-0.25, -0.2) is 9.78 Å². The molecule has 2 aromatic rings. The van der Waals surface area contributed by atoms with Crippen LogP contribution >= 0.6 is 34.9 Å². The highest BCUT2D eigenvalue weighted by Crippen LogP contribution is 2.41. The number of carbonyl (C=O) groups excluding carboxylic acids is 4. The second-order valence-corrected chi connectivity index (χ2v) is 12.0. The zero-order valence-electron chi connectivity index (χ0n) is 22.2. The zero-order chi connectivity index (χ0) is 29.8. The van der Waals surface area contributed by atoms with Gasteiger partial charge in [-0.2, -0.15) is 0 Å². The molecule has 1 aromatic heterocycles. The molecule has 4 N–H and O–H groups in total. The molecule has 2 aliphatic rings. The lowest BCUT2D eigenvalue weighted by Crippen LogP contribution is -2.71. The fraction of sp³-hybridized carbons (Fsp3) is 0.320. The average molecular weight is 619 g/mol. The van der Waals surface area contributed by atoms with Gasteiger partial charge in [0.15, 0.2) is 16.0 Å². The minimum atomic E-state index is -1.26. The summed E-state index contributed by atoms with van der Waals surface area (Å²) in [5.74, 6) is -2.47. The molecule has 216 valence electrons. The Morgan fingerprint density at radius 1 is 1.34 bits per heavy atom. The third-order valence-corrected chi connectivity index (χ3v) is 9.00. The van der Waals surface area contributed by atoms with E-state index < -0.39 is 29.2 Å². The highest BCUT2D eigenvalue weighted by atomic mass is 32.2. The molecular formula is C25H26N6O7S3. The molecule has 1 fully saturated rings. The quantitative estimate of drug-likeness (QED) is 0.198. The Bertz CT molecular complexity index is 1470. The van der Waals surface area contributed by atoms with Gasteiger partial charge in [0.2, 0.25) is 5.91 Å². The van der Waals surface area contributed by atoms with Crippen molar-refractivity contribution in [3.8, 4) is 0 Å². The van der Waals surface area contributed by atoms with Gasteiger partial charge in [0.05, 0.1) is 5.75 Å². The van der Waals surface area contributed by atoms with Crippen LogP contribution in [0.5, 0.6) is 0 Å². The summed E-state index contributed by atoms with van der Waals surface area (Å²) >= 11 is 3.37. The summed E-state index contributed by atoms with van der Waals surface area (Å²) < 4.78 is 0. The first-order chi connectivity index (χ1) is 19.5. The van der Waals surface area contributed by atoms with Crippen molar-refractivity contribution in [3.05, 3.63) is 52.2 Å². The highest BCUT2D eigenvalue weighted by molar-refractivity contribution is 8.14. The van der Waals surface area contributed by atoms with Gasteiger partial charge < -0.3 is 25.9 Å². The lowest BCUT2D eigenvalue weighted by Gasteiger charge is -2.49. The Morgan fingerprint density at radius 2 is 2.10 bits per heavy atom. The van der Waals surface area contributed by atoms with Crippen molar-refractivity contribution in [1.29, 1.82) is 0 Å². The summed E-state index contributed by atoms with van der Waals surface area (Å²) in [6, 6.07) is 6.09. The number of fused-ring (bicyclic) bond motifs is 1. The molecule has 4 rings (SSSR count). The van der Waals surface area contributed by atoms with E-state index in [4.69, 9.17) is 10.6 Å². The number of nitrogen functional groups attached to an aromatic ring is 1. The van der Waals surface area contributed by atoms with Crippen LogP contribution in [0, 0.1) is 0 Å². The maximum Gasteiger partial charge on any atom is 0.352 e. The Kier molecular flexibility index (Phi) is 9.35. The Morgan fingerprint density at radius 3 is 2.73 bits per heavy atom. The molecule has 3 heterocycles. The maximum atomic E-state index is 13.1. The fourth-order valence-electron chi connectivity index (χ4n) is 4.25. The molecule has 2 atom stereocenters. The second kappa shape index (κ2) is 12.7. The van der Waals surface area contributed by atoms with Gasteiger partial charge in [0.1, 0.15) is 29.9 Å². The summed E-state index contributed by atoms with van der Waals surface area (Å²) in [6.07, 6.45) is 0.232. The third-order valence-electron chi connectivity index (χ3n) is 6.19. The molecule has 0 spiro atoms. The molecular weight excluding hydrogens is 593 g/mol. The minimum absolute atomic E-state index is 0.00777. The number of aromatic nitrogens is 1. The normalized spacial score (nSPS) is 18.4. The molecule has 0 aliphatic carbocycles. The molecule has 13 nitrogen and oxygen atoms in total. The van der Waals surface area contributed by atoms with E-state index in [2.05, 4.69) is 15.5 Å². The lowest BCUT2D eigenvalue weighted by molar-refractivity contribution is -0.150.